The van der Waals surface area contributed by atoms with Gasteiger partial charge in [0.1, 0.15) is 5.25 Å². The Balaban J connectivity index is 1.31. The molecule has 4 aromatic carbocycles. The fourth-order valence-electron chi connectivity index (χ4n) is 4.32. The minimum atomic E-state index is -1.44. The van der Waals surface area contributed by atoms with Crippen LogP contribution in [0.2, 0.25) is 0 Å². The van der Waals surface area contributed by atoms with Crippen LogP contribution in [0.3, 0.4) is 0 Å². The van der Waals surface area contributed by atoms with Crippen molar-refractivity contribution in [2.75, 3.05) is 10.6 Å². The average Bonchev–Trinajstić information content (AvgIpc) is 3.52. The molecule has 12 nitrogen and oxygen atoms in total. The number of anilines is 2. The van der Waals surface area contributed by atoms with Crippen LogP contribution in [0.1, 0.15) is 41.9 Å². The third-order valence-corrected chi connectivity index (χ3v) is 8.56. The molecule has 2 amide bonds. The van der Waals surface area contributed by atoms with E-state index < -0.39 is 33.6 Å². The molecule has 1 heterocycles. The lowest BCUT2D eigenvalue weighted by atomic mass is 10.0. The van der Waals surface area contributed by atoms with Crippen LogP contribution in [0.25, 0.3) is 11.3 Å². The molecule has 0 aliphatic rings. The number of aromatic carboxylic acids is 2. The Morgan fingerprint density at radius 1 is 0.826 bits per heavy atom. The number of nitrogens with zero attached hydrogens (tertiary/aromatic N) is 2. The van der Waals surface area contributed by atoms with Gasteiger partial charge in [-0.05, 0) is 48.0 Å². The van der Waals surface area contributed by atoms with Gasteiger partial charge in [-0.15, -0.1) is 23.1 Å². The van der Waals surface area contributed by atoms with Crippen LogP contribution < -0.4 is 10.6 Å². The maximum Gasteiger partial charge on any atom is 0.336 e. The number of carbonyl (C=O) groups excluding carboxylic acids is 2. The number of benzene rings is 4. The van der Waals surface area contributed by atoms with Crippen LogP contribution in [0.4, 0.5) is 16.5 Å². The van der Waals surface area contributed by atoms with Gasteiger partial charge >= 0.3 is 11.9 Å². The second-order valence-corrected chi connectivity index (χ2v) is 11.6. The molecule has 4 N–H and O–H groups in total. The summed E-state index contributed by atoms with van der Waals surface area (Å²) in [4.78, 5) is 65.1. The quantitative estimate of drug-likeness (QED) is 0.0667. The zero-order valence-corrected chi connectivity index (χ0v) is 25.1. The molecular weight excluding hydrogens is 633 g/mol. The van der Waals surface area contributed by atoms with Crippen LogP contribution in [0.15, 0.2) is 107 Å². The highest BCUT2D eigenvalue weighted by Gasteiger charge is 2.24. The van der Waals surface area contributed by atoms with Crippen molar-refractivity contribution in [3.05, 3.63) is 135 Å². The maximum absolute atomic E-state index is 13.5. The number of amides is 2. The number of hydrogen-bond acceptors (Lipinski definition) is 9. The van der Waals surface area contributed by atoms with Crippen LogP contribution in [0.5, 0.6) is 0 Å². The van der Waals surface area contributed by atoms with Crippen molar-refractivity contribution in [1.82, 2.24) is 4.98 Å². The first-order valence-electron chi connectivity index (χ1n) is 13.3. The first-order chi connectivity index (χ1) is 22.1. The van der Waals surface area contributed by atoms with Crippen molar-refractivity contribution >= 4 is 63.4 Å². The smallest absolute Gasteiger partial charge is 0.336 e. The average molecular weight is 655 g/mol. The van der Waals surface area contributed by atoms with Gasteiger partial charge in [-0.2, -0.15) is 0 Å². The van der Waals surface area contributed by atoms with Crippen LogP contribution >= 0.6 is 23.1 Å². The van der Waals surface area contributed by atoms with Crippen molar-refractivity contribution < 1.29 is 34.3 Å². The van der Waals surface area contributed by atoms with E-state index >= 15 is 0 Å². The summed E-state index contributed by atoms with van der Waals surface area (Å²) in [5, 5.41) is 36.6. The molecular formula is C32H22N4O8S2. The van der Waals surface area contributed by atoms with Crippen molar-refractivity contribution in [3.63, 3.8) is 0 Å². The predicted molar refractivity (Wildman–Crippen MR) is 173 cm³/mol. The molecule has 0 spiro atoms. The number of carboxylic acid groups (broad SMARTS) is 2. The van der Waals surface area contributed by atoms with Crippen molar-refractivity contribution in [1.29, 1.82) is 0 Å². The number of thiazole rings is 1. The number of hydrogen-bond donors (Lipinski definition) is 4. The lowest BCUT2D eigenvalue weighted by molar-refractivity contribution is -0.384. The van der Waals surface area contributed by atoms with E-state index in [0.717, 1.165) is 23.8 Å². The second-order valence-electron chi connectivity index (χ2n) is 9.59. The van der Waals surface area contributed by atoms with Gasteiger partial charge in [0.15, 0.2) is 5.13 Å². The lowest BCUT2D eigenvalue weighted by Gasteiger charge is -2.16. The number of non-ortho nitro benzene ring substituents is 1. The maximum atomic E-state index is 13.5. The fraction of sp³-hybridized carbons (Fsp3) is 0.0312. The Hall–Kier alpha value is -5.86. The van der Waals surface area contributed by atoms with E-state index in [-0.39, 0.29) is 22.7 Å². The number of thioether (sulfide) groups is 1. The van der Waals surface area contributed by atoms with E-state index in [4.69, 9.17) is 5.11 Å². The van der Waals surface area contributed by atoms with Gasteiger partial charge in [0.2, 0.25) is 5.91 Å². The van der Waals surface area contributed by atoms with Gasteiger partial charge in [-0.25, -0.2) is 14.6 Å². The minimum Gasteiger partial charge on any atom is -0.478 e. The van der Waals surface area contributed by atoms with Gasteiger partial charge in [0.25, 0.3) is 11.6 Å². The van der Waals surface area contributed by atoms with Crippen molar-refractivity contribution in [2.45, 2.75) is 10.1 Å². The van der Waals surface area contributed by atoms with Crippen LogP contribution in [0, 0.1) is 10.1 Å². The molecule has 1 aromatic heterocycles. The monoisotopic (exact) mass is 654 g/mol. The second kappa shape index (κ2) is 13.8. The number of aromatic nitrogens is 1. The van der Waals surface area contributed by atoms with E-state index in [2.05, 4.69) is 15.6 Å². The molecule has 1 atom stereocenters. The molecule has 5 aromatic rings. The third kappa shape index (κ3) is 7.43. The first kappa shape index (κ1) is 31.6. The normalized spacial score (nSPS) is 11.3. The molecule has 0 aliphatic carbocycles. The zero-order valence-electron chi connectivity index (χ0n) is 23.4. The number of nitro groups is 1. The molecule has 14 heteroatoms. The summed E-state index contributed by atoms with van der Waals surface area (Å²) in [5.74, 6) is -3.84. The molecule has 230 valence electrons. The molecule has 0 bridgehead atoms. The summed E-state index contributed by atoms with van der Waals surface area (Å²) in [6.45, 7) is 0. The molecule has 1 unspecified atom stereocenters. The number of carboxylic acids is 2. The molecule has 0 saturated carbocycles. The molecule has 0 saturated heterocycles. The van der Waals surface area contributed by atoms with E-state index in [1.54, 1.807) is 41.8 Å². The predicted octanol–water partition coefficient (Wildman–Crippen LogP) is 6.84. The highest BCUT2D eigenvalue weighted by atomic mass is 32.2. The summed E-state index contributed by atoms with van der Waals surface area (Å²) >= 11 is 2.44. The third-order valence-electron chi connectivity index (χ3n) is 6.54. The SMILES string of the molecule is O=C(O)c1ccc(C(=O)Nc2ccc(SC(C(=O)Nc3nc(-c4cccc([N+](=O)[O-])c4)cs3)c3ccccc3)cc2)c(C(=O)O)c1. The lowest BCUT2D eigenvalue weighted by Crippen LogP contribution is -2.19. The molecule has 46 heavy (non-hydrogen) atoms. The Labute approximate surface area is 268 Å². The Kier molecular flexibility index (Phi) is 9.50. The van der Waals surface area contributed by atoms with Gasteiger partial charge < -0.3 is 20.8 Å². The highest BCUT2D eigenvalue weighted by Crippen LogP contribution is 2.37. The summed E-state index contributed by atoms with van der Waals surface area (Å²) < 4.78 is 0. The van der Waals surface area contributed by atoms with Crippen molar-refractivity contribution in [2.24, 2.45) is 0 Å². The molecule has 0 aliphatic heterocycles. The van der Waals surface area contributed by atoms with Crippen LogP contribution in [-0.2, 0) is 4.79 Å². The van der Waals surface area contributed by atoms with Gasteiger partial charge in [0, 0.05) is 33.7 Å². The number of nitro benzene ring substituents is 1. The Morgan fingerprint density at radius 3 is 2.24 bits per heavy atom. The number of nitrogens with one attached hydrogen (secondary N) is 2. The molecule has 0 radical (unpaired) electrons. The summed E-state index contributed by atoms with van der Waals surface area (Å²) in [6.07, 6.45) is 0. The molecule has 5 rings (SSSR count). The standard InChI is InChI=1S/C32H22N4O8S2/c37-28(24-14-9-20(30(39)40)16-25(24)31(41)42)33-21-10-12-23(13-11-21)46-27(18-5-2-1-3-6-18)29(38)35-32-34-26(17-45-32)19-7-4-8-22(15-19)36(43)44/h1-17,27H,(H,33,37)(H,39,40)(H,41,42)(H,34,35,38). The fourth-order valence-corrected chi connectivity index (χ4v) is 6.07. The topological polar surface area (TPSA) is 189 Å². The van der Waals surface area contributed by atoms with E-state index in [1.165, 1.54) is 35.2 Å². The van der Waals surface area contributed by atoms with Gasteiger partial charge in [-0.1, -0.05) is 42.5 Å². The molecule has 0 fully saturated rings. The Bertz CT molecular complexity index is 1960. The summed E-state index contributed by atoms with van der Waals surface area (Å²) in [6, 6.07) is 24.9. The van der Waals surface area contributed by atoms with Gasteiger partial charge in [-0.3, -0.25) is 19.7 Å². The largest absolute Gasteiger partial charge is 0.478 e. The van der Waals surface area contributed by atoms with E-state index in [1.807, 2.05) is 30.3 Å². The van der Waals surface area contributed by atoms with Crippen molar-refractivity contribution in [3.8, 4) is 11.3 Å². The summed E-state index contributed by atoms with van der Waals surface area (Å²) in [5.41, 5.74) is 1.13. The number of carbonyl (C=O) groups is 4. The zero-order chi connectivity index (χ0) is 32.8. The highest BCUT2D eigenvalue weighted by molar-refractivity contribution is 8.00. The number of rotatable bonds is 11. The Morgan fingerprint density at radius 2 is 1.57 bits per heavy atom. The van der Waals surface area contributed by atoms with Gasteiger partial charge in [0.05, 0.1) is 27.3 Å². The minimum absolute atomic E-state index is 0.0679. The van der Waals surface area contributed by atoms with E-state index in [9.17, 15) is 34.4 Å². The van der Waals surface area contributed by atoms with E-state index in [0.29, 0.717) is 27.0 Å². The van der Waals surface area contributed by atoms with Crippen LogP contribution in [-0.4, -0.2) is 43.9 Å². The first-order valence-corrected chi connectivity index (χ1v) is 15.1. The summed E-state index contributed by atoms with van der Waals surface area (Å²) in [7, 11) is 0.